The fraction of sp³-hybridized carbons (Fsp3) is 0.133. The third-order valence-electron chi connectivity index (χ3n) is 6.77. The highest BCUT2D eigenvalue weighted by molar-refractivity contribution is 7.89. The molecule has 3 heterocycles. The molecule has 0 aliphatic carbocycles. The molecule has 0 unspecified atom stereocenters. The van der Waals surface area contributed by atoms with Crippen molar-refractivity contribution in [2.75, 3.05) is 25.5 Å². The second-order valence-corrected chi connectivity index (χ2v) is 12.0. The Morgan fingerprint density at radius 3 is 2.76 bits per heavy atom. The molecular weight excluding hydrogens is 573 g/mol. The van der Waals surface area contributed by atoms with E-state index in [9.17, 15) is 13.2 Å². The zero-order chi connectivity index (χ0) is 29.1. The molecule has 42 heavy (non-hydrogen) atoms. The quantitative estimate of drug-likeness (QED) is 0.152. The summed E-state index contributed by atoms with van der Waals surface area (Å²) in [5, 5.41) is 6.55. The molecule has 0 bridgehead atoms. The molecular formula is C30H26N6O4S2. The van der Waals surface area contributed by atoms with Gasteiger partial charge in [0.2, 0.25) is 16.0 Å². The molecule has 0 radical (unpaired) electrons. The third kappa shape index (κ3) is 5.34. The van der Waals surface area contributed by atoms with Crippen LogP contribution in [0.5, 0.6) is 5.75 Å². The molecule has 0 amide bonds. The summed E-state index contributed by atoms with van der Waals surface area (Å²) in [6, 6.07) is 19.9. The lowest BCUT2D eigenvalue weighted by molar-refractivity contribution is 0.112. The lowest BCUT2D eigenvalue weighted by Gasteiger charge is -2.11. The Bertz CT molecular complexity index is 2020. The van der Waals surface area contributed by atoms with Crippen LogP contribution < -0.4 is 14.8 Å². The average Bonchev–Trinajstić information content (AvgIpc) is 3.62. The zero-order valence-corrected chi connectivity index (χ0v) is 24.2. The van der Waals surface area contributed by atoms with E-state index in [2.05, 4.69) is 15.0 Å². The normalized spacial score (nSPS) is 11.6. The fourth-order valence-electron chi connectivity index (χ4n) is 4.78. The van der Waals surface area contributed by atoms with Crippen molar-refractivity contribution >= 4 is 49.3 Å². The van der Waals surface area contributed by atoms with E-state index in [0.717, 1.165) is 33.0 Å². The second kappa shape index (κ2) is 11.7. The maximum absolute atomic E-state index is 13.0. The summed E-state index contributed by atoms with van der Waals surface area (Å²) in [4.78, 5) is 26.5. The van der Waals surface area contributed by atoms with Crippen LogP contribution >= 0.6 is 11.3 Å². The number of thiazole rings is 1. The number of fused-ring (bicyclic) bond motifs is 2. The number of carbonyl (C=O) groups is 1. The molecule has 0 aliphatic rings. The van der Waals surface area contributed by atoms with Gasteiger partial charge in [-0.15, -0.1) is 11.3 Å². The fourth-order valence-corrected chi connectivity index (χ4v) is 6.76. The van der Waals surface area contributed by atoms with E-state index in [1.807, 2.05) is 58.4 Å². The molecule has 0 fully saturated rings. The van der Waals surface area contributed by atoms with Gasteiger partial charge in [0.05, 0.1) is 23.4 Å². The monoisotopic (exact) mass is 598 g/mol. The molecule has 6 rings (SSSR count). The number of hydrogen-bond donors (Lipinski definition) is 2. The summed E-state index contributed by atoms with van der Waals surface area (Å²) < 4.78 is 36.0. The van der Waals surface area contributed by atoms with Gasteiger partial charge in [-0.2, -0.15) is 0 Å². The molecule has 0 atom stereocenters. The van der Waals surface area contributed by atoms with Gasteiger partial charge in [-0.3, -0.25) is 9.20 Å². The van der Waals surface area contributed by atoms with Crippen molar-refractivity contribution in [2.24, 2.45) is 0 Å². The molecule has 212 valence electrons. The van der Waals surface area contributed by atoms with Crippen molar-refractivity contribution in [1.82, 2.24) is 24.1 Å². The first kappa shape index (κ1) is 27.5. The smallest absolute Gasteiger partial charge is 0.241 e. The van der Waals surface area contributed by atoms with Crippen molar-refractivity contribution < 1.29 is 17.9 Å². The van der Waals surface area contributed by atoms with E-state index in [1.54, 1.807) is 31.5 Å². The molecule has 3 aromatic carbocycles. The zero-order valence-electron chi connectivity index (χ0n) is 22.5. The summed E-state index contributed by atoms with van der Waals surface area (Å²) in [5.41, 5.74) is 3.36. The molecule has 10 nitrogen and oxygen atoms in total. The molecule has 0 aliphatic heterocycles. The van der Waals surface area contributed by atoms with Crippen LogP contribution in [-0.2, 0) is 10.0 Å². The lowest BCUT2D eigenvalue weighted by Crippen LogP contribution is -2.27. The minimum Gasteiger partial charge on any atom is -0.497 e. The first-order chi connectivity index (χ1) is 20.5. The van der Waals surface area contributed by atoms with Gasteiger partial charge >= 0.3 is 0 Å². The number of methoxy groups -OCH3 is 1. The second-order valence-electron chi connectivity index (χ2n) is 9.36. The topological polar surface area (TPSA) is 128 Å². The Hall–Kier alpha value is -4.65. The number of hydrogen-bond acceptors (Lipinski definition) is 9. The van der Waals surface area contributed by atoms with Crippen molar-refractivity contribution in [3.05, 3.63) is 90.1 Å². The van der Waals surface area contributed by atoms with Crippen LogP contribution in [0.4, 0.5) is 5.95 Å². The van der Waals surface area contributed by atoms with E-state index in [1.165, 1.54) is 17.4 Å². The predicted molar refractivity (Wildman–Crippen MR) is 164 cm³/mol. The van der Waals surface area contributed by atoms with Crippen LogP contribution in [0.3, 0.4) is 0 Å². The van der Waals surface area contributed by atoms with Gasteiger partial charge in [0.25, 0.3) is 0 Å². The molecule has 3 aromatic heterocycles. The number of imidazole rings is 1. The number of sulfonamides is 1. The maximum Gasteiger partial charge on any atom is 0.241 e. The van der Waals surface area contributed by atoms with Gasteiger partial charge in [-0.1, -0.05) is 42.5 Å². The minimum absolute atomic E-state index is 0.0346. The van der Waals surface area contributed by atoms with Crippen LogP contribution in [0.25, 0.3) is 38.4 Å². The molecule has 2 N–H and O–H groups in total. The first-order valence-corrected chi connectivity index (χ1v) is 15.5. The summed E-state index contributed by atoms with van der Waals surface area (Å²) in [7, 11) is -2.26. The summed E-state index contributed by atoms with van der Waals surface area (Å²) in [5.74, 6) is 1.15. The number of anilines is 1. The van der Waals surface area contributed by atoms with Crippen LogP contribution in [0.15, 0.2) is 89.4 Å². The van der Waals surface area contributed by atoms with Crippen molar-refractivity contribution in [2.45, 2.75) is 11.3 Å². The third-order valence-corrected chi connectivity index (χ3v) is 9.05. The number of ether oxygens (including phenoxy) is 1. The Kier molecular flexibility index (Phi) is 7.66. The average molecular weight is 599 g/mol. The molecule has 12 heteroatoms. The van der Waals surface area contributed by atoms with Crippen LogP contribution in [-0.4, -0.2) is 54.3 Å². The SMILES string of the molecule is COc1cccc(-c2nc3sccn3c2-c2ccnc(NCCCNS(=O)(=O)c3ccc4ccccc4c3C=O)n2)c1. The molecule has 6 aromatic rings. The highest BCUT2D eigenvalue weighted by atomic mass is 32.2. The number of carbonyl (C=O) groups excluding carboxylic acids is 1. The van der Waals surface area contributed by atoms with E-state index >= 15 is 0 Å². The van der Waals surface area contributed by atoms with Gasteiger partial charge in [0.1, 0.15) is 11.4 Å². The Morgan fingerprint density at radius 2 is 1.90 bits per heavy atom. The number of nitrogens with zero attached hydrogens (tertiary/aromatic N) is 4. The first-order valence-electron chi connectivity index (χ1n) is 13.1. The van der Waals surface area contributed by atoms with Crippen molar-refractivity contribution in [3.8, 4) is 28.4 Å². The summed E-state index contributed by atoms with van der Waals surface area (Å²) in [6.45, 7) is 0.589. The Morgan fingerprint density at radius 1 is 1.02 bits per heavy atom. The molecule has 0 saturated heterocycles. The summed E-state index contributed by atoms with van der Waals surface area (Å²) in [6.07, 6.45) is 4.69. The van der Waals surface area contributed by atoms with Crippen molar-refractivity contribution in [1.29, 1.82) is 0 Å². The number of aldehydes is 1. The van der Waals surface area contributed by atoms with Crippen LogP contribution in [0.2, 0.25) is 0 Å². The molecule has 0 saturated carbocycles. The maximum atomic E-state index is 13.0. The highest BCUT2D eigenvalue weighted by Crippen LogP contribution is 2.35. The van der Waals surface area contributed by atoms with E-state index < -0.39 is 10.0 Å². The number of rotatable bonds is 11. The van der Waals surface area contributed by atoms with Gasteiger partial charge in [0, 0.05) is 42.0 Å². The van der Waals surface area contributed by atoms with Crippen LogP contribution in [0, 0.1) is 0 Å². The Labute approximate surface area is 246 Å². The van der Waals surface area contributed by atoms with Gasteiger partial charge < -0.3 is 10.1 Å². The predicted octanol–water partition coefficient (Wildman–Crippen LogP) is 5.27. The van der Waals surface area contributed by atoms with Gasteiger partial charge in [-0.05, 0) is 41.5 Å². The van der Waals surface area contributed by atoms with Gasteiger partial charge in [0.15, 0.2) is 11.2 Å². The van der Waals surface area contributed by atoms with Crippen molar-refractivity contribution in [3.63, 3.8) is 0 Å². The highest BCUT2D eigenvalue weighted by Gasteiger charge is 2.21. The Balaban J connectivity index is 1.15. The lowest BCUT2D eigenvalue weighted by atomic mass is 10.1. The largest absolute Gasteiger partial charge is 0.497 e. The van der Waals surface area contributed by atoms with E-state index in [4.69, 9.17) is 14.7 Å². The van der Waals surface area contributed by atoms with Crippen LogP contribution in [0.1, 0.15) is 16.8 Å². The van der Waals surface area contributed by atoms with E-state index in [0.29, 0.717) is 36.3 Å². The van der Waals surface area contributed by atoms with E-state index in [-0.39, 0.29) is 17.0 Å². The molecule has 0 spiro atoms. The number of nitrogens with one attached hydrogen (secondary N) is 2. The number of benzene rings is 3. The standard InChI is InChI=1S/C30H26N6O4S2/c1-40-22-8-4-7-21(18-22)27-28(36-16-17-41-30(36)35-27)25-12-15-32-29(34-25)31-13-5-14-33-42(38,39)26-11-10-20-6-2-3-9-23(20)24(26)19-37/h2-4,6-12,15-19,33H,5,13-14H2,1H3,(H,31,32,34). The van der Waals surface area contributed by atoms with Gasteiger partial charge in [-0.25, -0.2) is 28.1 Å². The summed E-state index contributed by atoms with van der Waals surface area (Å²) >= 11 is 1.53. The minimum atomic E-state index is -3.89. The number of aromatic nitrogens is 4.